The number of pyridine rings is 1. The van der Waals surface area contributed by atoms with Crippen molar-refractivity contribution in [2.75, 3.05) is 0 Å². The van der Waals surface area contributed by atoms with E-state index in [0.29, 0.717) is 0 Å². The van der Waals surface area contributed by atoms with E-state index in [4.69, 9.17) is 0 Å². The number of nitrogens with zero attached hydrogens (tertiary/aromatic N) is 1. The van der Waals surface area contributed by atoms with Gasteiger partial charge in [0, 0.05) is 12.4 Å². The molecule has 1 heterocycles. The average Bonchev–Trinajstić information content (AvgIpc) is 1.69. The van der Waals surface area contributed by atoms with E-state index < -0.39 is 0 Å². The smallest absolute Gasteiger partial charge is 0.0814 e. The second kappa shape index (κ2) is 3.25. The van der Waals surface area contributed by atoms with Crippen molar-refractivity contribution in [3.63, 3.8) is 0 Å². The molecule has 0 N–H and O–H groups in total. The Labute approximate surface area is 51.3 Å². The first kappa shape index (κ1) is 7.21. The van der Waals surface area contributed by atoms with Crippen LogP contribution in [-0.4, -0.2) is 13.4 Å². The van der Waals surface area contributed by atoms with Gasteiger partial charge in [-0.3, -0.25) is 4.98 Å². The lowest BCUT2D eigenvalue weighted by Crippen LogP contribution is -1.68. The van der Waals surface area contributed by atoms with Crippen molar-refractivity contribution in [3.05, 3.63) is 30.1 Å². The van der Waals surface area contributed by atoms with Gasteiger partial charge in [0.15, 0.2) is 0 Å². The second-order valence-electron chi connectivity index (χ2n) is 1.52. The molecule has 1 aromatic rings. The third-order valence-electron chi connectivity index (χ3n) is 0.847. The molecule has 0 amide bonds. The molecular weight excluding hydrogens is 96.9 g/mol. The van der Waals surface area contributed by atoms with E-state index in [-0.39, 0.29) is 8.41 Å². The molecule has 42 valence electrons. The molecule has 1 aromatic heterocycles. The van der Waals surface area contributed by atoms with E-state index in [1.54, 1.807) is 12.4 Å². The highest BCUT2D eigenvalue weighted by atomic mass is 14.6. The van der Waals surface area contributed by atoms with Gasteiger partial charge in [0.1, 0.15) is 0 Å². The molecular formula is C6H10BN. The molecule has 1 rings (SSSR count). The number of aromatic nitrogens is 1. The van der Waals surface area contributed by atoms with Gasteiger partial charge in [0.2, 0.25) is 0 Å². The van der Waals surface area contributed by atoms with Crippen LogP contribution >= 0.6 is 0 Å². The van der Waals surface area contributed by atoms with Crippen molar-refractivity contribution in [1.29, 1.82) is 0 Å². The maximum Gasteiger partial charge on any atom is 0.0814 e. The monoisotopic (exact) mass is 107 g/mol. The minimum atomic E-state index is 0. The van der Waals surface area contributed by atoms with E-state index in [0.717, 1.165) is 0 Å². The van der Waals surface area contributed by atoms with Gasteiger partial charge in [-0.2, -0.15) is 0 Å². The van der Waals surface area contributed by atoms with Crippen LogP contribution in [0.25, 0.3) is 0 Å². The van der Waals surface area contributed by atoms with Gasteiger partial charge in [-0.1, -0.05) is 0 Å². The van der Waals surface area contributed by atoms with Crippen LogP contribution in [0.15, 0.2) is 24.5 Å². The third kappa shape index (κ3) is 1.78. The van der Waals surface area contributed by atoms with Crippen LogP contribution in [0.2, 0.25) is 0 Å². The predicted octanol–water partition coefficient (Wildman–Crippen LogP) is 0.206. The lowest BCUT2D eigenvalue weighted by atomic mass is 10.3. The summed E-state index contributed by atoms with van der Waals surface area (Å²) in [5, 5.41) is 0. The fraction of sp³-hybridized carbons (Fsp3) is 0.167. The lowest BCUT2D eigenvalue weighted by Gasteiger charge is -1.82. The number of aryl methyl sites for hydroxylation is 1. The Morgan fingerprint density at radius 1 is 1.25 bits per heavy atom. The molecule has 0 unspecified atom stereocenters. The van der Waals surface area contributed by atoms with Crippen molar-refractivity contribution >= 4 is 8.41 Å². The first-order chi connectivity index (χ1) is 3.39. The maximum atomic E-state index is 3.85. The van der Waals surface area contributed by atoms with E-state index in [9.17, 15) is 0 Å². The highest BCUT2D eigenvalue weighted by Gasteiger charge is 1.72. The van der Waals surface area contributed by atoms with Crippen LogP contribution in [0, 0.1) is 6.92 Å². The van der Waals surface area contributed by atoms with E-state index in [1.807, 2.05) is 19.1 Å². The Kier molecular flexibility index (Phi) is 2.93. The van der Waals surface area contributed by atoms with Gasteiger partial charge in [-0.15, -0.1) is 0 Å². The molecule has 0 saturated heterocycles. The summed E-state index contributed by atoms with van der Waals surface area (Å²) in [4.78, 5) is 3.85. The molecule has 0 radical (unpaired) electrons. The van der Waals surface area contributed by atoms with Gasteiger partial charge in [-0.25, -0.2) is 0 Å². The number of hydrogen-bond acceptors (Lipinski definition) is 1. The summed E-state index contributed by atoms with van der Waals surface area (Å²) in [6.07, 6.45) is 3.57. The largest absolute Gasteiger partial charge is 0.265 e. The summed E-state index contributed by atoms with van der Waals surface area (Å²) in [7, 11) is 0. The zero-order valence-corrected chi connectivity index (χ0v) is 4.26. The topological polar surface area (TPSA) is 12.9 Å². The molecule has 0 aromatic carbocycles. The van der Waals surface area contributed by atoms with Crippen LogP contribution in [-0.2, 0) is 0 Å². The van der Waals surface area contributed by atoms with Crippen molar-refractivity contribution in [1.82, 2.24) is 4.98 Å². The van der Waals surface area contributed by atoms with Gasteiger partial charge in [-0.05, 0) is 24.6 Å². The highest BCUT2D eigenvalue weighted by Crippen LogP contribution is 1.88. The molecule has 2 heteroatoms. The van der Waals surface area contributed by atoms with Crippen LogP contribution < -0.4 is 0 Å². The molecule has 0 aliphatic carbocycles. The van der Waals surface area contributed by atoms with E-state index in [2.05, 4.69) is 4.98 Å². The predicted molar refractivity (Wildman–Crippen MR) is 38.9 cm³/mol. The molecule has 0 aliphatic heterocycles. The minimum absolute atomic E-state index is 0. The van der Waals surface area contributed by atoms with Crippen molar-refractivity contribution in [2.45, 2.75) is 6.92 Å². The highest BCUT2D eigenvalue weighted by molar-refractivity contribution is 5.75. The molecule has 8 heavy (non-hydrogen) atoms. The van der Waals surface area contributed by atoms with Crippen LogP contribution in [0.3, 0.4) is 0 Å². The molecule has 0 aliphatic rings. The summed E-state index contributed by atoms with van der Waals surface area (Å²) in [5.41, 5.74) is 1.26. The van der Waals surface area contributed by atoms with Crippen molar-refractivity contribution < 1.29 is 0 Å². The Bertz CT molecular complexity index is 138. The Balaban J connectivity index is 0.000000490. The average molecular weight is 107 g/mol. The second-order valence-corrected chi connectivity index (χ2v) is 1.52. The number of hydrogen-bond donors (Lipinski definition) is 0. The summed E-state index contributed by atoms with van der Waals surface area (Å²) in [6, 6.07) is 3.94. The summed E-state index contributed by atoms with van der Waals surface area (Å²) in [6.45, 7) is 2.04. The standard InChI is InChI=1S/C6H7N.BH3/c1-6-2-4-7-5-3-6;/h2-5H,1H3;1H3. The Morgan fingerprint density at radius 3 is 2.00 bits per heavy atom. The molecule has 0 saturated carbocycles. The van der Waals surface area contributed by atoms with Crippen LogP contribution in [0.5, 0.6) is 0 Å². The number of rotatable bonds is 0. The summed E-state index contributed by atoms with van der Waals surface area (Å²) >= 11 is 0. The van der Waals surface area contributed by atoms with Gasteiger partial charge >= 0.3 is 0 Å². The minimum Gasteiger partial charge on any atom is -0.265 e. The van der Waals surface area contributed by atoms with Gasteiger partial charge < -0.3 is 0 Å². The molecule has 1 nitrogen and oxygen atoms in total. The Hall–Kier alpha value is -0.785. The normalized spacial score (nSPS) is 7.62. The summed E-state index contributed by atoms with van der Waals surface area (Å²) in [5.74, 6) is 0. The lowest BCUT2D eigenvalue weighted by molar-refractivity contribution is 1.29. The van der Waals surface area contributed by atoms with Crippen molar-refractivity contribution in [2.24, 2.45) is 0 Å². The fourth-order valence-corrected chi connectivity index (χ4v) is 0.426. The molecule has 0 spiro atoms. The molecule has 0 bridgehead atoms. The fourth-order valence-electron chi connectivity index (χ4n) is 0.426. The summed E-state index contributed by atoms with van der Waals surface area (Å²) < 4.78 is 0. The Morgan fingerprint density at radius 2 is 1.75 bits per heavy atom. The SMILES string of the molecule is B.Cc1ccncc1. The quantitative estimate of drug-likeness (QED) is 0.431. The third-order valence-corrected chi connectivity index (χ3v) is 0.847. The molecule has 0 fully saturated rings. The molecule has 0 atom stereocenters. The zero-order valence-electron chi connectivity index (χ0n) is 4.26. The zero-order chi connectivity index (χ0) is 5.11. The maximum absolute atomic E-state index is 3.85. The van der Waals surface area contributed by atoms with Gasteiger partial charge in [0.25, 0.3) is 0 Å². The van der Waals surface area contributed by atoms with E-state index >= 15 is 0 Å². The van der Waals surface area contributed by atoms with Crippen molar-refractivity contribution in [3.8, 4) is 0 Å². The van der Waals surface area contributed by atoms with Crippen LogP contribution in [0.1, 0.15) is 5.56 Å². The van der Waals surface area contributed by atoms with Crippen LogP contribution in [0.4, 0.5) is 0 Å². The first-order valence-corrected chi connectivity index (χ1v) is 2.26. The van der Waals surface area contributed by atoms with E-state index in [1.165, 1.54) is 5.56 Å². The van der Waals surface area contributed by atoms with Gasteiger partial charge in [0.05, 0.1) is 8.41 Å². The first-order valence-electron chi connectivity index (χ1n) is 2.26.